The van der Waals surface area contributed by atoms with E-state index in [0.29, 0.717) is 29.3 Å². The minimum atomic E-state index is -0.165. The third-order valence-corrected chi connectivity index (χ3v) is 2.69. The average Bonchev–Trinajstić information content (AvgIpc) is 2.89. The molecule has 2 aromatic heterocycles. The highest BCUT2D eigenvalue weighted by Gasteiger charge is 2.14. The summed E-state index contributed by atoms with van der Waals surface area (Å²) in [5.41, 5.74) is 6.45. The van der Waals surface area contributed by atoms with Crippen molar-refractivity contribution in [3.8, 4) is 11.8 Å². The molecular weight excluding hydrogens is 268 g/mol. The molecule has 3 N–H and O–H groups in total. The molecule has 0 unspecified atom stereocenters. The zero-order valence-electron chi connectivity index (χ0n) is 11.9. The summed E-state index contributed by atoms with van der Waals surface area (Å²) in [6, 6.07) is 1.69. The molecular formula is C14H16N6O. The number of hydrogen-bond acceptors (Lipinski definition) is 5. The van der Waals surface area contributed by atoms with Crippen LogP contribution in [0.25, 0.3) is 0 Å². The highest BCUT2D eigenvalue weighted by atomic mass is 16.2. The Balaban J connectivity index is 2.11. The number of rotatable bonds is 3. The molecule has 2 aromatic rings. The minimum absolute atomic E-state index is 0.165. The van der Waals surface area contributed by atoms with Gasteiger partial charge in [0.05, 0.1) is 18.7 Å². The maximum absolute atomic E-state index is 12.3. The van der Waals surface area contributed by atoms with Crippen LogP contribution in [-0.2, 0) is 6.54 Å². The van der Waals surface area contributed by atoms with Crippen molar-refractivity contribution in [1.29, 1.82) is 0 Å². The Kier molecular flexibility index (Phi) is 4.64. The van der Waals surface area contributed by atoms with Crippen LogP contribution in [0.15, 0.2) is 18.5 Å². The van der Waals surface area contributed by atoms with Gasteiger partial charge in [0.1, 0.15) is 5.82 Å². The fourth-order valence-corrected chi connectivity index (χ4v) is 1.74. The van der Waals surface area contributed by atoms with Crippen LogP contribution in [0.5, 0.6) is 0 Å². The summed E-state index contributed by atoms with van der Waals surface area (Å²) in [5.74, 6) is 6.70. The number of pyridine rings is 1. The number of H-pyrrole nitrogens is 1. The van der Waals surface area contributed by atoms with Crippen LogP contribution in [-0.4, -0.2) is 44.6 Å². The van der Waals surface area contributed by atoms with Gasteiger partial charge in [0.2, 0.25) is 0 Å². The summed E-state index contributed by atoms with van der Waals surface area (Å²) in [5, 5.41) is 6.75. The molecule has 7 heteroatoms. The van der Waals surface area contributed by atoms with Crippen LogP contribution in [0.4, 0.5) is 0 Å². The molecule has 0 aliphatic carbocycles. The molecule has 0 saturated heterocycles. The number of amides is 1. The number of carbonyl (C=O) groups is 1. The van der Waals surface area contributed by atoms with Crippen LogP contribution < -0.4 is 5.73 Å². The van der Waals surface area contributed by atoms with Gasteiger partial charge in [-0.25, -0.2) is 4.98 Å². The van der Waals surface area contributed by atoms with Crippen molar-refractivity contribution in [1.82, 2.24) is 25.1 Å². The smallest absolute Gasteiger partial charge is 0.255 e. The normalized spacial score (nSPS) is 9.86. The molecule has 0 aromatic carbocycles. The molecule has 21 heavy (non-hydrogen) atoms. The molecule has 0 bridgehead atoms. The van der Waals surface area contributed by atoms with E-state index in [9.17, 15) is 4.79 Å². The number of aromatic nitrogens is 4. The Morgan fingerprint density at radius 3 is 2.95 bits per heavy atom. The van der Waals surface area contributed by atoms with Gasteiger partial charge in [-0.3, -0.25) is 14.9 Å². The maximum Gasteiger partial charge on any atom is 0.255 e. The van der Waals surface area contributed by atoms with Crippen molar-refractivity contribution in [2.45, 2.75) is 13.5 Å². The highest BCUT2D eigenvalue weighted by molar-refractivity contribution is 5.94. The third kappa shape index (κ3) is 3.87. The van der Waals surface area contributed by atoms with E-state index in [-0.39, 0.29) is 12.5 Å². The van der Waals surface area contributed by atoms with Gasteiger partial charge in [-0.05, 0) is 13.0 Å². The van der Waals surface area contributed by atoms with Crippen molar-refractivity contribution >= 4 is 5.91 Å². The van der Waals surface area contributed by atoms with Gasteiger partial charge in [0.15, 0.2) is 5.82 Å². The predicted octanol–water partition coefficient (Wildman–Crippen LogP) is 0.0905. The zero-order valence-corrected chi connectivity index (χ0v) is 11.9. The lowest BCUT2D eigenvalue weighted by Crippen LogP contribution is -2.27. The molecule has 0 fully saturated rings. The summed E-state index contributed by atoms with van der Waals surface area (Å²) >= 11 is 0. The summed E-state index contributed by atoms with van der Waals surface area (Å²) in [6.07, 6.45) is 3.10. The standard InChI is InChI=1S/C14H16N6O/c1-10-17-13(19-18-10)9-20(2)14(21)12-6-11(4-3-5-15)7-16-8-12/h6-8H,5,9,15H2,1-2H3,(H,17,18,19). The van der Waals surface area contributed by atoms with Crippen LogP contribution in [0.2, 0.25) is 0 Å². The predicted molar refractivity (Wildman–Crippen MR) is 77.1 cm³/mol. The molecule has 2 heterocycles. The lowest BCUT2D eigenvalue weighted by molar-refractivity contribution is 0.0781. The van der Waals surface area contributed by atoms with E-state index in [2.05, 4.69) is 32.0 Å². The number of nitrogens with zero attached hydrogens (tertiary/aromatic N) is 4. The molecule has 7 nitrogen and oxygen atoms in total. The SMILES string of the molecule is Cc1nc(CN(C)C(=O)c2cncc(C#CCN)c2)n[nH]1. The average molecular weight is 284 g/mol. The highest BCUT2D eigenvalue weighted by Crippen LogP contribution is 2.07. The first-order chi connectivity index (χ1) is 10.1. The number of nitrogens with one attached hydrogen (secondary N) is 1. The molecule has 0 aliphatic heterocycles. The lowest BCUT2D eigenvalue weighted by Gasteiger charge is -2.15. The lowest BCUT2D eigenvalue weighted by atomic mass is 10.2. The molecule has 0 atom stereocenters. The van der Waals surface area contributed by atoms with Crippen LogP contribution in [0.3, 0.4) is 0 Å². The van der Waals surface area contributed by atoms with Gasteiger partial charge in [0, 0.05) is 25.0 Å². The number of carbonyl (C=O) groups excluding carboxylic acids is 1. The summed E-state index contributed by atoms with van der Waals surface area (Å²) in [4.78, 5) is 22.1. The van der Waals surface area contributed by atoms with Crippen LogP contribution in [0.1, 0.15) is 27.6 Å². The first-order valence-electron chi connectivity index (χ1n) is 6.37. The molecule has 0 radical (unpaired) electrons. The van der Waals surface area contributed by atoms with E-state index < -0.39 is 0 Å². The minimum Gasteiger partial charge on any atom is -0.334 e. The number of aromatic amines is 1. The van der Waals surface area contributed by atoms with E-state index in [4.69, 9.17) is 5.73 Å². The summed E-state index contributed by atoms with van der Waals surface area (Å²) in [6.45, 7) is 2.39. The van der Waals surface area contributed by atoms with Crippen molar-refractivity contribution in [2.75, 3.05) is 13.6 Å². The Bertz CT molecular complexity index is 697. The van der Waals surface area contributed by atoms with E-state index in [0.717, 1.165) is 0 Å². The largest absolute Gasteiger partial charge is 0.334 e. The third-order valence-electron chi connectivity index (χ3n) is 2.69. The van der Waals surface area contributed by atoms with Gasteiger partial charge in [-0.15, -0.1) is 0 Å². The quantitative estimate of drug-likeness (QED) is 0.778. The maximum atomic E-state index is 12.3. The van der Waals surface area contributed by atoms with Crippen molar-refractivity contribution < 1.29 is 4.79 Å². The van der Waals surface area contributed by atoms with E-state index >= 15 is 0 Å². The molecule has 0 saturated carbocycles. The second-order valence-electron chi connectivity index (χ2n) is 4.47. The van der Waals surface area contributed by atoms with Gasteiger partial charge in [0.25, 0.3) is 5.91 Å². The van der Waals surface area contributed by atoms with Crippen LogP contribution >= 0.6 is 0 Å². The van der Waals surface area contributed by atoms with E-state index in [1.54, 1.807) is 19.3 Å². The fraction of sp³-hybridized carbons (Fsp3) is 0.286. The van der Waals surface area contributed by atoms with Gasteiger partial charge in [-0.1, -0.05) is 11.8 Å². The first-order valence-corrected chi connectivity index (χ1v) is 6.37. The molecule has 0 aliphatic rings. The number of hydrogen-bond donors (Lipinski definition) is 2. The monoisotopic (exact) mass is 284 g/mol. The fourth-order valence-electron chi connectivity index (χ4n) is 1.74. The van der Waals surface area contributed by atoms with Crippen molar-refractivity contribution in [2.24, 2.45) is 5.73 Å². The second kappa shape index (κ2) is 6.63. The van der Waals surface area contributed by atoms with E-state index in [1.165, 1.54) is 11.1 Å². The van der Waals surface area contributed by atoms with Crippen molar-refractivity contribution in [3.63, 3.8) is 0 Å². The second-order valence-corrected chi connectivity index (χ2v) is 4.47. The Morgan fingerprint density at radius 1 is 1.48 bits per heavy atom. The topological polar surface area (TPSA) is 101 Å². The Morgan fingerprint density at radius 2 is 2.29 bits per heavy atom. The zero-order chi connectivity index (χ0) is 15.2. The van der Waals surface area contributed by atoms with Gasteiger partial charge < -0.3 is 10.6 Å². The van der Waals surface area contributed by atoms with E-state index in [1.807, 2.05) is 6.92 Å². The number of nitrogens with two attached hydrogens (primary N) is 1. The molecule has 2 rings (SSSR count). The van der Waals surface area contributed by atoms with Crippen LogP contribution in [0, 0.1) is 18.8 Å². The molecule has 108 valence electrons. The van der Waals surface area contributed by atoms with Crippen molar-refractivity contribution in [3.05, 3.63) is 41.2 Å². The first kappa shape index (κ1) is 14.7. The molecule has 0 spiro atoms. The summed E-state index contributed by atoms with van der Waals surface area (Å²) in [7, 11) is 1.69. The Labute approximate surface area is 122 Å². The molecule has 1 amide bonds. The van der Waals surface area contributed by atoms with Gasteiger partial charge in [-0.2, -0.15) is 5.10 Å². The Hall–Kier alpha value is -2.72. The number of aryl methyl sites for hydroxylation is 1. The summed E-state index contributed by atoms with van der Waals surface area (Å²) < 4.78 is 0. The van der Waals surface area contributed by atoms with Gasteiger partial charge >= 0.3 is 0 Å².